The zero-order chi connectivity index (χ0) is 13.6. The van der Waals surface area contributed by atoms with Crippen LogP contribution in [-0.4, -0.2) is 51.3 Å². The summed E-state index contributed by atoms with van der Waals surface area (Å²) >= 11 is 1.57. The Kier molecular flexibility index (Phi) is 6.24. The van der Waals surface area contributed by atoms with Crippen molar-refractivity contribution in [2.24, 2.45) is 0 Å². The van der Waals surface area contributed by atoms with Crippen LogP contribution in [0, 0.1) is 0 Å². The highest BCUT2D eigenvalue weighted by Crippen LogP contribution is 2.12. The van der Waals surface area contributed by atoms with Crippen LogP contribution >= 0.6 is 11.3 Å². The molecule has 0 saturated carbocycles. The predicted molar refractivity (Wildman–Crippen MR) is 75.9 cm³/mol. The van der Waals surface area contributed by atoms with E-state index in [1.54, 1.807) is 25.4 Å². The second-order valence-electron chi connectivity index (χ2n) is 4.17. The van der Waals surface area contributed by atoms with Crippen LogP contribution in [0.25, 0.3) is 0 Å². The molecule has 104 valence electrons. The largest absolute Gasteiger partial charge is 0.320 e. The quantitative estimate of drug-likeness (QED) is 0.726. The number of hydrogen-bond donors (Lipinski definition) is 1. The summed E-state index contributed by atoms with van der Waals surface area (Å²) in [7, 11) is 1.74. The Morgan fingerprint density at radius 2 is 2.06 bits per heavy atom. The molecule has 0 aliphatic rings. The van der Waals surface area contributed by atoms with Crippen molar-refractivity contribution in [1.29, 1.82) is 0 Å². The molecule has 0 fully saturated rings. The zero-order valence-electron chi connectivity index (χ0n) is 11.1. The Labute approximate surface area is 114 Å². The number of rotatable bonds is 8. The SMILES string of the molecule is CNCCCN(C)S(=O)(=O)N(C)Cc1ccsc1. The van der Waals surface area contributed by atoms with E-state index in [-0.39, 0.29) is 0 Å². The summed E-state index contributed by atoms with van der Waals surface area (Å²) < 4.78 is 27.2. The predicted octanol–water partition coefficient (Wildman–Crippen LogP) is 0.966. The molecule has 0 bridgehead atoms. The van der Waals surface area contributed by atoms with E-state index in [0.29, 0.717) is 13.1 Å². The third-order valence-electron chi connectivity index (χ3n) is 2.67. The van der Waals surface area contributed by atoms with Gasteiger partial charge in [0.25, 0.3) is 10.2 Å². The minimum absolute atomic E-state index is 0.419. The summed E-state index contributed by atoms with van der Waals surface area (Å²) in [6, 6.07) is 1.94. The molecule has 1 aromatic heterocycles. The molecule has 5 nitrogen and oxygen atoms in total. The Morgan fingerprint density at radius 3 is 2.61 bits per heavy atom. The van der Waals surface area contributed by atoms with Crippen LogP contribution in [0.5, 0.6) is 0 Å². The van der Waals surface area contributed by atoms with Gasteiger partial charge < -0.3 is 5.32 Å². The first-order chi connectivity index (χ1) is 8.48. The average molecular weight is 291 g/mol. The van der Waals surface area contributed by atoms with Crippen molar-refractivity contribution in [3.05, 3.63) is 22.4 Å². The molecule has 1 N–H and O–H groups in total. The van der Waals surface area contributed by atoms with Gasteiger partial charge in [-0.3, -0.25) is 0 Å². The monoisotopic (exact) mass is 291 g/mol. The van der Waals surface area contributed by atoms with Crippen molar-refractivity contribution in [2.75, 3.05) is 34.2 Å². The summed E-state index contributed by atoms with van der Waals surface area (Å²) in [6.45, 7) is 1.76. The summed E-state index contributed by atoms with van der Waals surface area (Å²) in [5.41, 5.74) is 1.02. The van der Waals surface area contributed by atoms with Gasteiger partial charge in [0.05, 0.1) is 0 Å². The van der Waals surface area contributed by atoms with E-state index in [9.17, 15) is 8.42 Å². The smallest absolute Gasteiger partial charge is 0.281 e. The molecule has 0 amide bonds. The number of nitrogens with one attached hydrogen (secondary N) is 1. The first-order valence-electron chi connectivity index (χ1n) is 5.81. The minimum Gasteiger partial charge on any atom is -0.320 e. The van der Waals surface area contributed by atoms with Crippen molar-refractivity contribution >= 4 is 21.5 Å². The molecule has 0 aliphatic carbocycles. The van der Waals surface area contributed by atoms with E-state index in [0.717, 1.165) is 18.5 Å². The van der Waals surface area contributed by atoms with Crippen LogP contribution < -0.4 is 5.32 Å². The van der Waals surface area contributed by atoms with Gasteiger partial charge in [0, 0.05) is 27.2 Å². The van der Waals surface area contributed by atoms with Gasteiger partial charge in [-0.1, -0.05) is 0 Å². The van der Waals surface area contributed by atoms with Crippen molar-refractivity contribution in [3.63, 3.8) is 0 Å². The molecule has 0 unspecified atom stereocenters. The summed E-state index contributed by atoms with van der Waals surface area (Å²) in [5.74, 6) is 0. The first kappa shape index (κ1) is 15.6. The lowest BCUT2D eigenvalue weighted by molar-refractivity contribution is 0.385. The van der Waals surface area contributed by atoms with Crippen molar-refractivity contribution in [3.8, 4) is 0 Å². The van der Waals surface area contributed by atoms with Crippen LogP contribution in [0.3, 0.4) is 0 Å². The second-order valence-corrected chi connectivity index (χ2v) is 7.10. The summed E-state index contributed by atoms with van der Waals surface area (Å²) in [6.07, 6.45) is 0.804. The van der Waals surface area contributed by atoms with Gasteiger partial charge in [0.1, 0.15) is 0 Å². The first-order valence-corrected chi connectivity index (χ1v) is 8.15. The maximum atomic E-state index is 12.2. The third-order valence-corrected chi connectivity index (χ3v) is 5.29. The van der Waals surface area contributed by atoms with Crippen LogP contribution in [-0.2, 0) is 16.8 Å². The molecule has 1 rings (SSSR count). The number of hydrogen-bond acceptors (Lipinski definition) is 4. The molecule has 0 aromatic carbocycles. The molecule has 0 spiro atoms. The van der Waals surface area contributed by atoms with E-state index >= 15 is 0 Å². The van der Waals surface area contributed by atoms with Gasteiger partial charge in [-0.25, -0.2) is 0 Å². The fourth-order valence-electron chi connectivity index (χ4n) is 1.55. The van der Waals surface area contributed by atoms with E-state index < -0.39 is 10.2 Å². The molecule has 18 heavy (non-hydrogen) atoms. The maximum Gasteiger partial charge on any atom is 0.281 e. The fraction of sp³-hybridized carbons (Fsp3) is 0.636. The molecule has 0 radical (unpaired) electrons. The maximum absolute atomic E-state index is 12.2. The number of thiophene rings is 1. The Hall–Kier alpha value is -0.470. The zero-order valence-corrected chi connectivity index (χ0v) is 12.7. The molecule has 1 aromatic rings. The minimum atomic E-state index is -3.35. The highest BCUT2D eigenvalue weighted by Gasteiger charge is 2.23. The standard InChI is InChI=1S/C11H21N3O2S2/c1-12-6-4-7-13(2)18(15,16)14(3)9-11-5-8-17-10-11/h5,8,10,12H,4,6-7,9H2,1-3H3. The van der Waals surface area contributed by atoms with Crippen molar-refractivity contribution < 1.29 is 8.42 Å². The molecular formula is C11H21N3O2S2. The molecule has 0 atom stereocenters. The highest BCUT2D eigenvalue weighted by molar-refractivity contribution is 7.86. The third kappa shape index (κ3) is 4.33. The Balaban J connectivity index is 2.56. The van der Waals surface area contributed by atoms with Gasteiger partial charge in [-0.2, -0.15) is 28.4 Å². The van der Waals surface area contributed by atoms with E-state index in [2.05, 4.69) is 5.32 Å². The average Bonchev–Trinajstić information content (AvgIpc) is 2.81. The van der Waals surface area contributed by atoms with Crippen LogP contribution in [0.1, 0.15) is 12.0 Å². The molecule has 0 aliphatic heterocycles. The van der Waals surface area contributed by atoms with Gasteiger partial charge in [0.15, 0.2) is 0 Å². The van der Waals surface area contributed by atoms with Crippen LogP contribution in [0.15, 0.2) is 16.8 Å². The van der Waals surface area contributed by atoms with E-state index in [4.69, 9.17) is 0 Å². The molecular weight excluding hydrogens is 270 g/mol. The van der Waals surface area contributed by atoms with Gasteiger partial charge >= 0.3 is 0 Å². The van der Waals surface area contributed by atoms with Crippen molar-refractivity contribution in [1.82, 2.24) is 13.9 Å². The van der Waals surface area contributed by atoms with Gasteiger partial charge in [-0.15, -0.1) is 0 Å². The topological polar surface area (TPSA) is 52.7 Å². The van der Waals surface area contributed by atoms with Crippen LogP contribution in [0.2, 0.25) is 0 Å². The molecule has 0 saturated heterocycles. The lowest BCUT2D eigenvalue weighted by Gasteiger charge is -2.24. The molecule has 1 heterocycles. The fourth-order valence-corrected chi connectivity index (χ4v) is 3.36. The van der Waals surface area contributed by atoms with E-state index in [1.165, 1.54) is 8.61 Å². The Bertz CT molecular complexity index is 431. The summed E-state index contributed by atoms with van der Waals surface area (Å²) in [5, 5.41) is 6.92. The lowest BCUT2D eigenvalue weighted by Crippen LogP contribution is -2.40. The highest BCUT2D eigenvalue weighted by atomic mass is 32.2. The van der Waals surface area contributed by atoms with Crippen LogP contribution in [0.4, 0.5) is 0 Å². The van der Waals surface area contributed by atoms with E-state index in [1.807, 2.05) is 23.9 Å². The molecule has 7 heteroatoms. The number of nitrogens with zero attached hydrogens (tertiary/aromatic N) is 2. The van der Waals surface area contributed by atoms with Gasteiger partial charge in [0.2, 0.25) is 0 Å². The second kappa shape index (κ2) is 7.20. The van der Waals surface area contributed by atoms with Crippen molar-refractivity contribution in [2.45, 2.75) is 13.0 Å². The van der Waals surface area contributed by atoms with Gasteiger partial charge in [-0.05, 0) is 42.4 Å². The summed E-state index contributed by atoms with van der Waals surface area (Å²) in [4.78, 5) is 0. The lowest BCUT2D eigenvalue weighted by atomic mass is 10.3. The normalized spacial score (nSPS) is 12.5. The Morgan fingerprint density at radius 1 is 1.33 bits per heavy atom.